The molecule has 5 nitrogen and oxygen atoms in total. The third-order valence-corrected chi connectivity index (χ3v) is 1.56. The van der Waals surface area contributed by atoms with Crippen molar-refractivity contribution in [2.24, 2.45) is 0 Å². The number of carboxylic acids is 1. The van der Waals surface area contributed by atoms with Crippen molar-refractivity contribution < 1.29 is 14.7 Å². The second-order valence-electron chi connectivity index (χ2n) is 2.52. The van der Waals surface area contributed by atoms with Crippen LogP contribution in [0.3, 0.4) is 0 Å². The number of hydrogen-bond donors (Lipinski definition) is 2. The maximum atomic E-state index is 10.9. The van der Waals surface area contributed by atoms with Gasteiger partial charge in [-0.15, -0.1) is 0 Å². The molecule has 0 radical (unpaired) electrons. The van der Waals surface area contributed by atoms with Crippen LogP contribution in [0.5, 0.6) is 0 Å². The minimum absolute atomic E-state index is 0.0856. The molecule has 0 saturated carbocycles. The van der Waals surface area contributed by atoms with E-state index in [9.17, 15) is 9.59 Å². The molecule has 1 aromatic rings. The average molecular weight is 180 g/mol. The Labute approximate surface area is 74.2 Å². The van der Waals surface area contributed by atoms with Gasteiger partial charge in [0.2, 0.25) is 0 Å². The number of carbonyl (C=O) groups is 2. The quantitative estimate of drug-likeness (QED) is 0.648. The van der Waals surface area contributed by atoms with Crippen LogP contribution in [0.4, 0.5) is 5.82 Å². The van der Waals surface area contributed by atoms with Crippen molar-refractivity contribution in [3.05, 3.63) is 23.4 Å². The molecule has 0 aliphatic carbocycles. The summed E-state index contributed by atoms with van der Waals surface area (Å²) in [6, 6.07) is 1.22. The van der Waals surface area contributed by atoms with Crippen molar-refractivity contribution >= 4 is 17.6 Å². The fourth-order valence-electron chi connectivity index (χ4n) is 0.839. The van der Waals surface area contributed by atoms with E-state index in [0.29, 0.717) is 0 Å². The fourth-order valence-corrected chi connectivity index (χ4v) is 0.839. The molecule has 0 aliphatic heterocycles. The smallest absolute Gasteiger partial charge is 0.339 e. The van der Waals surface area contributed by atoms with Gasteiger partial charge in [-0.05, 0) is 13.0 Å². The molecule has 5 heteroatoms. The molecule has 0 aliphatic rings. The summed E-state index contributed by atoms with van der Waals surface area (Å²) in [6.07, 6.45) is 1.25. The maximum absolute atomic E-state index is 10.9. The largest absolute Gasteiger partial charge is 0.478 e. The van der Waals surface area contributed by atoms with Crippen LogP contribution in [0.1, 0.15) is 27.6 Å². The predicted molar refractivity (Wildman–Crippen MR) is 45.6 cm³/mol. The van der Waals surface area contributed by atoms with Gasteiger partial charge >= 0.3 is 5.97 Å². The molecule has 0 atom stereocenters. The Morgan fingerprint density at radius 2 is 2.15 bits per heavy atom. The lowest BCUT2D eigenvalue weighted by Gasteiger charge is -2.00. The normalized spacial score (nSPS) is 9.62. The summed E-state index contributed by atoms with van der Waals surface area (Å²) in [5.41, 5.74) is 5.38. The zero-order valence-corrected chi connectivity index (χ0v) is 6.94. The van der Waals surface area contributed by atoms with Gasteiger partial charge in [-0.2, -0.15) is 0 Å². The number of nitrogens with two attached hydrogens (primary N) is 1. The van der Waals surface area contributed by atoms with Crippen LogP contribution in [0.15, 0.2) is 12.3 Å². The lowest BCUT2D eigenvalue weighted by molar-refractivity contribution is 0.0697. The van der Waals surface area contributed by atoms with Crippen LogP contribution in [-0.4, -0.2) is 21.8 Å². The molecule has 3 N–H and O–H groups in total. The van der Waals surface area contributed by atoms with Crippen molar-refractivity contribution in [2.45, 2.75) is 6.92 Å². The molecule has 0 fully saturated rings. The van der Waals surface area contributed by atoms with Gasteiger partial charge in [0, 0.05) is 11.8 Å². The van der Waals surface area contributed by atoms with Crippen LogP contribution in [-0.2, 0) is 0 Å². The summed E-state index contributed by atoms with van der Waals surface area (Å²) in [5, 5.41) is 8.64. The van der Waals surface area contributed by atoms with Crippen molar-refractivity contribution in [1.82, 2.24) is 4.98 Å². The Hall–Kier alpha value is -1.91. The van der Waals surface area contributed by atoms with Gasteiger partial charge < -0.3 is 10.8 Å². The Kier molecular flexibility index (Phi) is 2.27. The lowest BCUT2D eigenvalue weighted by atomic mass is 10.1. The predicted octanol–water partition coefficient (Wildman–Crippen LogP) is 0.565. The lowest BCUT2D eigenvalue weighted by Crippen LogP contribution is -2.07. The second kappa shape index (κ2) is 3.22. The third kappa shape index (κ3) is 1.81. The summed E-state index contributed by atoms with van der Waals surface area (Å²) >= 11 is 0. The number of hydrogen-bond acceptors (Lipinski definition) is 4. The van der Waals surface area contributed by atoms with E-state index in [1.165, 1.54) is 19.2 Å². The van der Waals surface area contributed by atoms with Gasteiger partial charge in [0.05, 0.1) is 0 Å². The van der Waals surface area contributed by atoms with E-state index in [-0.39, 0.29) is 22.7 Å². The summed E-state index contributed by atoms with van der Waals surface area (Å²) in [6.45, 7) is 1.33. The van der Waals surface area contributed by atoms with Gasteiger partial charge in [0.1, 0.15) is 11.4 Å². The van der Waals surface area contributed by atoms with Crippen molar-refractivity contribution in [1.29, 1.82) is 0 Å². The Morgan fingerprint density at radius 1 is 1.54 bits per heavy atom. The van der Waals surface area contributed by atoms with E-state index in [1.54, 1.807) is 0 Å². The number of aromatic carboxylic acids is 1. The number of ketones is 1. The number of carbonyl (C=O) groups excluding carboxylic acids is 1. The molecule has 13 heavy (non-hydrogen) atoms. The molecule has 1 aromatic heterocycles. The number of rotatable bonds is 2. The first-order valence-corrected chi connectivity index (χ1v) is 3.52. The molecular weight excluding hydrogens is 172 g/mol. The highest BCUT2D eigenvalue weighted by molar-refractivity contribution is 5.99. The highest BCUT2D eigenvalue weighted by atomic mass is 16.4. The molecule has 1 rings (SSSR count). The van der Waals surface area contributed by atoms with Gasteiger partial charge in [-0.25, -0.2) is 9.78 Å². The highest BCUT2D eigenvalue weighted by Gasteiger charge is 2.11. The number of carboxylic acid groups (broad SMARTS) is 1. The third-order valence-electron chi connectivity index (χ3n) is 1.56. The summed E-state index contributed by atoms with van der Waals surface area (Å²) in [4.78, 5) is 25.0. The number of pyridine rings is 1. The summed E-state index contributed by atoms with van der Waals surface area (Å²) in [5.74, 6) is -1.51. The topological polar surface area (TPSA) is 93.3 Å². The minimum atomic E-state index is -1.19. The molecule has 68 valence electrons. The first-order valence-electron chi connectivity index (χ1n) is 3.52. The molecule has 0 aromatic carbocycles. The van der Waals surface area contributed by atoms with Crippen molar-refractivity contribution in [2.75, 3.05) is 5.73 Å². The Balaban J connectivity index is 3.27. The van der Waals surface area contributed by atoms with E-state index in [0.717, 1.165) is 0 Å². The van der Waals surface area contributed by atoms with E-state index in [1.807, 2.05) is 0 Å². The second-order valence-corrected chi connectivity index (χ2v) is 2.52. The van der Waals surface area contributed by atoms with Crippen LogP contribution in [0.2, 0.25) is 0 Å². The first-order chi connectivity index (χ1) is 6.02. The van der Waals surface area contributed by atoms with Crippen LogP contribution < -0.4 is 5.73 Å². The van der Waals surface area contributed by atoms with Crippen molar-refractivity contribution in [3.8, 4) is 0 Å². The molecule has 0 spiro atoms. The van der Waals surface area contributed by atoms with E-state index in [2.05, 4.69) is 4.98 Å². The number of Topliss-reactive ketones (excluding diaryl/α,β-unsaturated/α-hetero) is 1. The van der Waals surface area contributed by atoms with E-state index < -0.39 is 5.97 Å². The van der Waals surface area contributed by atoms with Gasteiger partial charge in [0.15, 0.2) is 5.78 Å². The van der Waals surface area contributed by atoms with Crippen molar-refractivity contribution in [3.63, 3.8) is 0 Å². The molecule has 1 heterocycles. The van der Waals surface area contributed by atoms with Crippen LogP contribution in [0.25, 0.3) is 0 Å². The highest BCUT2D eigenvalue weighted by Crippen LogP contribution is 2.10. The molecular formula is C8H8N2O3. The molecule has 0 saturated heterocycles. The summed E-state index contributed by atoms with van der Waals surface area (Å²) in [7, 11) is 0. The number of nitrogens with zero attached hydrogens (tertiary/aromatic N) is 1. The van der Waals surface area contributed by atoms with E-state index in [4.69, 9.17) is 10.8 Å². The average Bonchev–Trinajstić information content (AvgIpc) is 2.04. The molecule has 0 bridgehead atoms. The monoisotopic (exact) mass is 180 g/mol. The zero-order chi connectivity index (χ0) is 10.0. The fraction of sp³-hybridized carbons (Fsp3) is 0.125. The van der Waals surface area contributed by atoms with Gasteiger partial charge in [-0.1, -0.05) is 0 Å². The Bertz CT molecular complexity index is 374. The number of aromatic nitrogens is 1. The number of nitrogen functional groups attached to an aromatic ring is 1. The maximum Gasteiger partial charge on any atom is 0.339 e. The Morgan fingerprint density at radius 3 is 2.62 bits per heavy atom. The van der Waals surface area contributed by atoms with Crippen LogP contribution >= 0.6 is 0 Å². The minimum Gasteiger partial charge on any atom is -0.478 e. The van der Waals surface area contributed by atoms with Gasteiger partial charge in [-0.3, -0.25) is 4.79 Å². The van der Waals surface area contributed by atoms with Crippen LogP contribution in [0, 0.1) is 0 Å². The molecule has 0 amide bonds. The van der Waals surface area contributed by atoms with E-state index >= 15 is 0 Å². The zero-order valence-electron chi connectivity index (χ0n) is 6.94. The molecule has 0 unspecified atom stereocenters. The first kappa shape index (κ1) is 9.18. The SMILES string of the molecule is CC(=O)c1cnc(N)c(C(=O)O)c1. The number of anilines is 1. The van der Waals surface area contributed by atoms with Gasteiger partial charge in [0.25, 0.3) is 0 Å². The summed E-state index contributed by atoms with van der Waals surface area (Å²) < 4.78 is 0. The standard InChI is InChI=1S/C8H8N2O3/c1-4(11)5-2-6(8(12)13)7(9)10-3-5/h2-3H,1H3,(H2,9,10)(H,12,13).